The molecule has 0 aromatic carbocycles. The number of imidazole rings is 1. The van der Waals surface area contributed by atoms with Gasteiger partial charge in [-0.15, -0.1) is 0 Å². The highest BCUT2D eigenvalue weighted by atomic mass is 16.4. The molecule has 1 amide bonds. The van der Waals surface area contributed by atoms with Gasteiger partial charge in [0, 0.05) is 23.7 Å². The lowest BCUT2D eigenvalue weighted by Gasteiger charge is -2.33. The molecular weight excluding hydrogens is 258 g/mol. The maximum absolute atomic E-state index is 12.4. The topological polar surface area (TPSA) is 95.1 Å². The molecule has 6 heteroatoms. The Morgan fingerprint density at radius 1 is 1.45 bits per heavy atom. The number of carboxylic acids is 1. The number of aromatic nitrogens is 2. The molecule has 1 aliphatic carbocycles. The Balaban J connectivity index is 2.00. The van der Waals surface area contributed by atoms with E-state index >= 15 is 0 Å². The van der Waals surface area contributed by atoms with Crippen LogP contribution < -0.4 is 5.32 Å². The second kappa shape index (κ2) is 6.07. The van der Waals surface area contributed by atoms with E-state index in [1.165, 1.54) is 6.33 Å². The van der Waals surface area contributed by atoms with Crippen LogP contribution in [0, 0.1) is 5.41 Å². The van der Waals surface area contributed by atoms with Crippen LogP contribution in [0.2, 0.25) is 0 Å². The molecule has 6 nitrogen and oxygen atoms in total. The van der Waals surface area contributed by atoms with E-state index in [0.717, 1.165) is 32.1 Å². The van der Waals surface area contributed by atoms with Gasteiger partial charge < -0.3 is 15.4 Å². The van der Waals surface area contributed by atoms with Crippen LogP contribution in [-0.2, 0) is 16.0 Å². The second-order valence-corrected chi connectivity index (χ2v) is 5.77. The van der Waals surface area contributed by atoms with Crippen molar-refractivity contribution >= 4 is 11.9 Å². The molecule has 3 N–H and O–H groups in total. The van der Waals surface area contributed by atoms with E-state index in [0.29, 0.717) is 5.69 Å². The van der Waals surface area contributed by atoms with Crippen molar-refractivity contribution < 1.29 is 14.7 Å². The Morgan fingerprint density at radius 3 is 2.70 bits per heavy atom. The van der Waals surface area contributed by atoms with Crippen molar-refractivity contribution in [2.75, 3.05) is 0 Å². The molecule has 0 saturated heterocycles. The van der Waals surface area contributed by atoms with Crippen LogP contribution in [0.1, 0.15) is 44.7 Å². The minimum absolute atomic E-state index is 0.149. The zero-order valence-corrected chi connectivity index (χ0v) is 11.7. The first kappa shape index (κ1) is 14.6. The zero-order valence-electron chi connectivity index (χ0n) is 11.7. The lowest BCUT2D eigenvalue weighted by molar-refractivity contribution is -0.144. The number of amides is 1. The molecule has 1 aromatic rings. The van der Waals surface area contributed by atoms with Gasteiger partial charge in [-0.05, 0) is 12.8 Å². The average Bonchev–Trinajstić information content (AvgIpc) is 2.91. The van der Waals surface area contributed by atoms with Crippen LogP contribution in [0.15, 0.2) is 12.5 Å². The summed E-state index contributed by atoms with van der Waals surface area (Å²) < 4.78 is 0. The standard InChI is InChI=1S/C14H21N3O3/c1-14(5-3-2-4-6-14)13(20)17-11(12(18)19)7-10-8-15-9-16-10/h8-9,11H,2-7H2,1H3,(H,15,16)(H,17,20)(H,18,19). The molecule has 1 unspecified atom stereocenters. The van der Waals surface area contributed by atoms with E-state index in [9.17, 15) is 14.7 Å². The number of hydrogen-bond acceptors (Lipinski definition) is 3. The number of aromatic amines is 1. The van der Waals surface area contributed by atoms with E-state index in [1.54, 1.807) is 6.20 Å². The molecule has 1 saturated carbocycles. The van der Waals surface area contributed by atoms with Crippen LogP contribution in [0.25, 0.3) is 0 Å². The van der Waals surface area contributed by atoms with Gasteiger partial charge in [0.15, 0.2) is 0 Å². The summed E-state index contributed by atoms with van der Waals surface area (Å²) in [6.45, 7) is 1.93. The third kappa shape index (κ3) is 3.37. The fraction of sp³-hybridized carbons (Fsp3) is 0.643. The van der Waals surface area contributed by atoms with E-state index in [2.05, 4.69) is 15.3 Å². The van der Waals surface area contributed by atoms with Crippen molar-refractivity contribution in [1.82, 2.24) is 15.3 Å². The highest BCUT2D eigenvalue weighted by Crippen LogP contribution is 2.35. The number of carbonyl (C=O) groups excluding carboxylic acids is 1. The molecule has 0 bridgehead atoms. The first-order chi connectivity index (χ1) is 9.51. The molecule has 0 spiro atoms. The molecule has 1 aliphatic rings. The Morgan fingerprint density at radius 2 is 2.15 bits per heavy atom. The highest BCUT2D eigenvalue weighted by Gasteiger charge is 2.36. The molecule has 0 radical (unpaired) electrons. The van der Waals surface area contributed by atoms with Crippen LogP contribution >= 0.6 is 0 Å². The van der Waals surface area contributed by atoms with Crippen molar-refractivity contribution in [3.63, 3.8) is 0 Å². The van der Waals surface area contributed by atoms with Crippen LogP contribution in [-0.4, -0.2) is 33.0 Å². The minimum Gasteiger partial charge on any atom is -0.480 e. The van der Waals surface area contributed by atoms with Crippen molar-refractivity contribution in [1.29, 1.82) is 0 Å². The van der Waals surface area contributed by atoms with E-state index in [1.807, 2.05) is 6.92 Å². The normalized spacial score (nSPS) is 19.2. The van der Waals surface area contributed by atoms with Gasteiger partial charge in [-0.2, -0.15) is 0 Å². The number of carbonyl (C=O) groups is 2. The van der Waals surface area contributed by atoms with E-state index < -0.39 is 17.4 Å². The van der Waals surface area contributed by atoms with Crippen molar-refractivity contribution in [2.24, 2.45) is 5.41 Å². The molecule has 1 atom stereocenters. The number of aliphatic carboxylic acids is 1. The predicted molar refractivity (Wildman–Crippen MR) is 73.1 cm³/mol. The Bertz CT molecular complexity index is 464. The summed E-state index contributed by atoms with van der Waals surface area (Å²) in [6, 6.07) is -0.915. The maximum Gasteiger partial charge on any atom is 0.326 e. The lowest BCUT2D eigenvalue weighted by Crippen LogP contribution is -2.49. The average molecular weight is 279 g/mol. The molecule has 1 aromatic heterocycles. The van der Waals surface area contributed by atoms with Crippen LogP contribution in [0.5, 0.6) is 0 Å². The third-order valence-electron chi connectivity index (χ3n) is 4.09. The summed E-state index contributed by atoms with van der Waals surface area (Å²) in [6.07, 6.45) is 8.16. The molecule has 1 fully saturated rings. The third-order valence-corrected chi connectivity index (χ3v) is 4.09. The summed E-state index contributed by atoms with van der Waals surface area (Å²) in [5.41, 5.74) is 0.270. The smallest absolute Gasteiger partial charge is 0.326 e. The summed E-state index contributed by atoms with van der Waals surface area (Å²) in [5.74, 6) is -1.17. The second-order valence-electron chi connectivity index (χ2n) is 5.77. The van der Waals surface area contributed by atoms with Crippen LogP contribution in [0.3, 0.4) is 0 Å². The van der Waals surface area contributed by atoms with Gasteiger partial charge >= 0.3 is 5.97 Å². The van der Waals surface area contributed by atoms with E-state index in [-0.39, 0.29) is 12.3 Å². The Hall–Kier alpha value is -1.85. The first-order valence-corrected chi connectivity index (χ1v) is 7.02. The number of nitrogens with one attached hydrogen (secondary N) is 2. The van der Waals surface area contributed by atoms with Crippen LogP contribution in [0.4, 0.5) is 0 Å². The van der Waals surface area contributed by atoms with Crippen molar-refractivity contribution in [2.45, 2.75) is 51.5 Å². The summed E-state index contributed by atoms with van der Waals surface area (Å²) in [4.78, 5) is 30.4. The zero-order chi connectivity index (χ0) is 14.6. The lowest BCUT2D eigenvalue weighted by atomic mass is 9.75. The molecule has 20 heavy (non-hydrogen) atoms. The summed E-state index contributed by atoms with van der Waals surface area (Å²) >= 11 is 0. The van der Waals surface area contributed by atoms with Crippen molar-refractivity contribution in [3.8, 4) is 0 Å². The van der Waals surface area contributed by atoms with Gasteiger partial charge in [0.2, 0.25) is 5.91 Å². The number of rotatable bonds is 5. The van der Waals surface area contributed by atoms with Gasteiger partial charge in [-0.25, -0.2) is 9.78 Å². The number of hydrogen-bond donors (Lipinski definition) is 3. The van der Waals surface area contributed by atoms with E-state index in [4.69, 9.17) is 0 Å². The Kier molecular flexibility index (Phi) is 4.42. The summed E-state index contributed by atoms with van der Waals surface area (Å²) in [7, 11) is 0. The molecule has 110 valence electrons. The minimum atomic E-state index is -1.02. The fourth-order valence-electron chi connectivity index (χ4n) is 2.71. The molecular formula is C14H21N3O3. The van der Waals surface area contributed by atoms with Gasteiger partial charge in [-0.1, -0.05) is 26.2 Å². The number of nitrogens with zero attached hydrogens (tertiary/aromatic N) is 1. The van der Waals surface area contributed by atoms with Gasteiger partial charge in [0.05, 0.1) is 6.33 Å². The van der Waals surface area contributed by atoms with Crippen molar-refractivity contribution in [3.05, 3.63) is 18.2 Å². The molecule has 1 heterocycles. The van der Waals surface area contributed by atoms with Gasteiger partial charge in [0.25, 0.3) is 0 Å². The monoisotopic (exact) mass is 279 g/mol. The Labute approximate surface area is 118 Å². The molecule has 2 rings (SSSR count). The summed E-state index contributed by atoms with van der Waals surface area (Å²) in [5, 5.41) is 11.9. The highest BCUT2D eigenvalue weighted by molar-refractivity contribution is 5.87. The predicted octanol–water partition coefficient (Wildman–Crippen LogP) is 1.49. The number of carboxylic acid groups (broad SMARTS) is 1. The van der Waals surface area contributed by atoms with Gasteiger partial charge in [-0.3, -0.25) is 4.79 Å². The first-order valence-electron chi connectivity index (χ1n) is 7.02. The quantitative estimate of drug-likeness (QED) is 0.761. The fourth-order valence-corrected chi connectivity index (χ4v) is 2.71. The maximum atomic E-state index is 12.4. The van der Waals surface area contributed by atoms with Gasteiger partial charge in [0.1, 0.15) is 6.04 Å². The molecule has 0 aliphatic heterocycles. The SMILES string of the molecule is CC1(C(=O)NC(Cc2cnc[nH]2)C(=O)O)CCCCC1. The number of H-pyrrole nitrogens is 1. The largest absolute Gasteiger partial charge is 0.480 e.